The van der Waals surface area contributed by atoms with Crippen molar-refractivity contribution < 1.29 is 27.4 Å². The average Bonchev–Trinajstić information content (AvgIpc) is 3.11. The fourth-order valence-corrected chi connectivity index (χ4v) is 9.57. The molecule has 1 amide bonds. The number of sulfonamides is 1. The number of amides is 1. The van der Waals surface area contributed by atoms with Gasteiger partial charge in [-0.2, -0.15) is 0 Å². The Labute approximate surface area is 298 Å². The van der Waals surface area contributed by atoms with Gasteiger partial charge in [0.2, 0.25) is 10.0 Å². The maximum Gasteiger partial charge on any atom is 0.264 e. The molecule has 0 unspecified atom stereocenters. The number of ether oxygens (including phenoxy) is 3. The number of carbonyl (C=O) groups excluding carboxylic acids is 1. The fraction of sp³-hybridized carbons (Fsp3) is 0.658. The van der Waals surface area contributed by atoms with Crippen LogP contribution in [-0.2, 0) is 32.5 Å². The first kappa shape index (κ1) is 36.4. The highest BCUT2D eigenvalue weighted by atomic mass is 35.5. The van der Waals surface area contributed by atoms with Crippen LogP contribution in [0.2, 0.25) is 5.02 Å². The van der Waals surface area contributed by atoms with Crippen molar-refractivity contribution in [1.82, 2.24) is 9.62 Å². The Bertz CT molecular complexity index is 1560. The van der Waals surface area contributed by atoms with Crippen molar-refractivity contribution in [3.05, 3.63) is 58.1 Å². The van der Waals surface area contributed by atoms with E-state index in [1.807, 2.05) is 37.3 Å². The molecule has 1 N–H and O–H groups in total. The number of rotatable bonds is 3. The summed E-state index contributed by atoms with van der Waals surface area (Å²) in [4.78, 5) is 18.2. The SMILES string of the molecule is CCN(C)C1COC([C@@H]2CCC[C@H](C)[C@@H](C)S(=O)(=O)NC(=O)c3ccc4c(c3)N(CCCCc3cc(Cl)ccc3CO4)C[C@@H]3CC[C@H]32)OC1. The fourth-order valence-electron chi connectivity index (χ4n) is 8.06. The van der Waals surface area contributed by atoms with E-state index >= 15 is 0 Å². The number of carbonyl (C=O) groups is 1. The number of fused-ring (bicyclic) bond motifs is 3. The van der Waals surface area contributed by atoms with Crippen LogP contribution in [0.15, 0.2) is 36.4 Å². The molecule has 0 radical (unpaired) electrons. The van der Waals surface area contributed by atoms with Crippen LogP contribution in [-0.4, -0.2) is 76.7 Å². The first-order valence-corrected chi connectivity index (χ1v) is 20.2. The molecule has 2 fully saturated rings. The lowest BCUT2D eigenvalue weighted by Gasteiger charge is -2.48. The van der Waals surface area contributed by atoms with Gasteiger partial charge in [0, 0.05) is 29.6 Å². The van der Waals surface area contributed by atoms with Crippen LogP contribution in [0.3, 0.4) is 0 Å². The van der Waals surface area contributed by atoms with E-state index in [0.29, 0.717) is 43.0 Å². The Morgan fingerprint density at radius 2 is 1.76 bits per heavy atom. The molecule has 0 aromatic heterocycles. The molecule has 9 nitrogen and oxygen atoms in total. The van der Waals surface area contributed by atoms with Gasteiger partial charge < -0.3 is 19.1 Å². The molecule has 2 bridgehead atoms. The maximum atomic E-state index is 13.5. The van der Waals surface area contributed by atoms with Crippen LogP contribution >= 0.6 is 11.6 Å². The van der Waals surface area contributed by atoms with Crippen LogP contribution in [0.5, 0.6) is 5.75 Å². The Morgan fingerprint density at radius 3 is 2.49 bits per heavy atom. The van der Waals surface area contributed by atoms with Gasteiger partial charge in [-0.1, -0.05) is 37.9 Å². The lowest BCUT2D eigenvalue weighted by atomic mass is 9.65. The third kappa shape index (κ3) is 8.41. The molecule has 270 valence electrons. The van der Waals surface area contributed by atoms with Gasteiger partial charge in [0.15, 0.2) is 6.29 Å². The van der Waals surface area contributed by atoms with E-state index < -0.39 is 21.2 Å². The second-order valence-electron chi connectivity index (χ2n) is 14.8. The number of likely N-dealkylation sites (N-methyl/N-ethyl adjacent to an activating group) is 1. The first-order valence-electron chi connectivity index (χ1n) is 18.3. The van der Waals surface area contributed by atoms with E-state index in [-0.39, 0.29) is 24.2 Å². The van der Waals surface area contributed by atoms with Crippen LogP contribution in [0.25, 0.3) is 0 Å². The summed E-state index contributed by atoms with van der Waals surface area (Å²) in [6.07, 6.45) is 7.35. The van der Waals surface area contributed by atoms with E-state index in [1.54, 1.807) is 13.0 Å². The Balaban J connectivity index is 1.34. The van der Waals surface area contributed by atoms with Gasteiger partial charge >= 0.3 is 0 Å². The standard InChI is InChI=1S/C38H54ClN3O6S/c1-5-41(4)32-23-47-38(48-24-32)34-11-8-9-25(2)26(3)49(44,45)40-37(43)28-14-17-36-35(20-28)42(21-29-13-16-33(29)34)18-7-6-10-27-19-31(39)15-12-30(27)22-46-36/h12,14-15,17,19-20,25-26,29,32-34,38H,5-11,13,16,18,21-24H2,1-4H3,(H,40,43)/t25-,26+,29-,32?,33+,34+,38?/m0/s1. The van der Waals surface area contributed by atoms with Crippen LogP contribution in [0, 0.1) is 23.7 Å². The zero-order valence-electron chi connectivity index (χ0n) is 29.5. The van der Waals surface area contributed by atoms with E-state index in [2.05, 4.69) is 28.5 Å². The number of halogens is 1. The Kier molecular flexibility index (Phi) is 11.8. The summed E-state index contributed by atoms with van der Waals surface area (Å²) < 4.78 is 48.9. The lowest BCUT2D eigenvalue weighted by Crippen LogP contribution is -2.51. The maximum absolute atomic E-state index is 13.5. The summed E-state index contributed by atoms with van der Waals surface area (Å²) in [5.74, 6) is 1.04. The topological polar surface area (TPSA) is 97.4 Å². The Hall–Kier alpha value is -2.37. The number of benzene rings is 2. The zero-order valence-corrected chi connectivity index (χ0v) is 31.1. The predicted octanol–water partition coefficient (Wildman–Crippen LogP) is 6.67. The average molecular weight is 716 g/mol. The minimum Gasteiger partial charge on any atom is -0.487 e. The van der Waals surface area contributed by atoms with Crippen molar-refractivity contribution in [3.63, 3.8) is 0 Å². The summed E-state index contributed by atoms with van der Waals surface area (Å²) in [6.45, 7) is 10.1. The quantitative estimate of drug-likeness (QED) is 0.377. The minimum atomic E-state index is -3.90. The molecule has 2 aromatic rings. The van der Waals surface area contributed by atoms with E-state index in [1.165, 1.54) is 5.56 Å². The van der Waals surface area contributed by atoms with Gasteiger partial charge in [0.05, 0.1) is 30.2 Å². The molecular weight excluding hydrogens is 662 g/mol. The molecule has 2 aromatic carbocycles. The molecule has 1 aliphatic carbocycles. The molecule has 3 aliphatic heterocycles. The van der Waals surface area contributed by atoms with Crippen LogP contribution in [0.4, 0.5) is 5.69 Å². The number of aryl methyl sites for hydroxylation is 1. The van der Waals surface area contributed by atoms with Gasteiger partial charge in [0.25, 0.3) is 5.91 Å². The van der Waals surface area contributed by atoms with Crippen molar-refractivity contribution in [2.45, 2.75) is 96.3 Å². The smallest absolute Gasteiger partial charge is 0.264 e. The summed E-state index contributed by atoms with van der Waals surface area (Å²) in [6, 6.07) is 11.5. The molecule has 4 aliphatic rings. The van der Waals surface area contributed by atoms with Gasteiger partial charge in [0.1, 0.15) is 12.4 Å². The highest BCUT2D eigenvalue weighted by molar-refractivity contribution is 7.90. The number of hydrogen-bond acceptors (Lipinski definition) is 8. The molecular formula is C38H54ClN3O6S. The van der Waals surface area contributed by atoms with Gasteiger partial charge in [-0.25, -0.2) is 13.1 Å². The lowest BCUT2D eigenvalue weighted by molar-refractivity contribution is -0.241. The molecule has 1 saturated heterocycles. The van der Waals surface area contributed by atoms with E-state index in [4.69, 9.17) is 25.8 Å². The monoisotopic (exact) mass is 715 g/mol. The van der Waals surface area contributed by atoms with Gasteiger partial charge in [-0.15, -0.1) is 0 Å². The van der Waals surface area contributed by atoms with Crippen molar-refractivity contribution in [2.24, 2.45) is 23.7 Å². The highest BCUT2D eigenvalue weighted by Gasteiger charge is 2.44. The molecule has 11 heteroatoms. The normalized spacial score (nSPS) is 31.3. The first-order chi connectivity index (χ1) is 23.5. The second kappa shape index (κ2) is 15.9. The molecule has 0 spiro atoms. The second-order valence-corrected chi connectivity index (χ2v) is 17.3. The largest absolute Gasteiger partial charge is 0.487 e. The number of nitrogens with zero attached hydrogens (tertiary/aromatic N) is 2. The molecule has 6 rings (SSSR count). The minimum absolute atomic E-state index is 0.124. The Morgan fingerprint density at radius 1 is 0.959 bits per heavy atom. The number of nitrogens with one attached hydrogen (secondary N) is 1. The number of hydrogen-bond donors (Lipinski definition) is 1. The highest BCUT2D eigenvalue weighted by Crippen LogP contribution is 2.46. The molecule has 49 heavy (non-hydrogen) atoms. The number of anilines is 1. The summed E-state index contributed by atoms with van der Waals surface area (Å²) in [7, 11) is -1.79. The van der Waals surface area contributed by atoms with E-state index in [9.17, 15) is 13.2 Å². The molecule has 3 heterocycles. The van der Waals surface area contributed by atoms with E-state index in [0.717, 1.165) is 87.3 Å². The third-order valence-electron chi connectivity index (χ3n) is 11.8. The van der Waals surface area contributed by atoms with Crippen molar-refractivity contribution in [3.8, 4) is 5.75 Å². The van der Waals surface area contributed by atoms with Gasteiger partial charge in [-0.05, 0) is 125 Å². The zero-order chi connectivity index (χ0) is 34.7. The van der Waals surface area contributed by atoms with Crippen molar-refractivity contribution >= 4 is 33.2 Å². The van der Waals surface area contributed by atoms with Crippen LogP contribution < -0.4 is 14.4 Å². The van der Waals surface area contributed by atoms with Crippen molar-refractivity contribution in [2.75, 3.05) is 44.8 Å². The summed E-state index contributed by atoms with van der Waals surface area (Å²) in [5, 5.41) is -0.00105. The predicted molar refractivity (Wildman–Crippen MR) is 194 cm³/mol. The summed E-state index contributed by atoms with van der Waals surface area (Å²) >= 11 is 6.38. The van der Waals surface area contributed by atoms with Crippen LogP contribution in [0.1, 0.15) is 87.2 Å². The third-order valence-corrected chi connectivity index (χ3v) is 14.0. The summed E-state index contributed by atoms with van der Waals surface area (Å²) in [5.41, 5.74) is 3.42. The van der Waals surface area contributed by atoms with Gasteiger partial charge in [-0.3, -0.25) is 9.69 Å². The molecule has 5 atom stereocenters. The van der Waals surface area contributed by atoms with Crippen molar-refractivity contribution in [1.29, 1.82) is 0 Å². The molecule has 1 saturated carbocycles.